The first-order valence-corrected chi connectivity index (χ1v) is 13.3. The third-order valence-electron chi connectivity index (χ3n) is 6.15. The number of rotatable bonds is 7. The van der Waals surface area contributed by atoms with Gasteiger partial charge in [0.2, 0.25) is 4.80 Å². The molecule has 0 bridgehead atoms. The molecular weight excluding hydrogens is 553 g/mol. The van der Waals surface area contributed by atoms with E-state index in [1.54, 1.807) is 13.3 Å². The summed E-state index contributed by atoms with van der Waals surface area (Å²) in [4.78, 5) is 5.07. The first-order valence-electron chi connectivity index (χ1n) is 12.4. The predicted octanol–water partition coefficient (Wildman–Crippen LogP) is 6.55. The van der Waals surface area contributed by atoms with E-state index in [1.807, 2.05) is 62.5 Å². The highest BCUT2D eigenvalue weighted by Gasteiger charge is 2.31. The lowest BCUT2D eigenvalue weighted by atomic mass is 10.1. The Labute approximate surface area is 237 Å². The second kappa shape index (κ2) is 11.4. The van der Waals surface area contributed by atoms with Crippen molar-refractivity contribution in [2.45, 2.75) is 27.1 Å². The zero-order valence-corrected chi connectivity index (χ0v) is 23.4. The first-order chi connectivity index (χ1) is 19.6. The number of methoxy groups -OCH3 is 1. The third kappa shape index (κ3) is 6.38. The maximum absolute atomic E-state index is 12.4. The molecule has 0 fully saturated rings. The predicted molar refractivity (Wildman–Crippen MR) is 151 cm³/mol. The van der Waals surface area contributed by atoms with Crippen molar-refractivity contribution in [3.05, 3.63) is 99.6 Å². The van der Waals surface area contributed by atoms with Crippen molar-refractivity contribution in [2.75, 3.05) is 7.11 Å². The minimum atomic E-state index is -4.74. The highest BCUT2D eigenvalue weighted by molar-refractivity contribution is 7.07. The van der Waals surface area contributed by atoms with Gasteiger partial charge in [0.1, 0.15) is 17.8 Å². The average molecular weight is 579 g/mol. The van der Waals surface area contributed by atoms with Gasteiger partial charge in [-0.15, -0.1) is 34.7 Å². The molecule has 0 aliphatic carbocycles. The Morgan fingerprint density at radius 3 is 2.24 bits per heavy atom. The van der Waals surface area contributed by atoms with Crippen molar-refractivity contribution in [3.63, 3.8) is 0 Å². The molecule has 5 rings (SSSR count). The Hall–Kier alpha value is -4.71. The molecule has 0 aliphatic rings. The van der Waals surface area contributed by atoms with E-state index in [0.717, 1.165) is 44.2 Å². The fraction of sp³-hybridized carbons (Fsp3) is 0.172. The van der Waals surface area contributed by atoms with E-state index in [-0.39, 0.29) is 5.75 Å². The highest BCUT2D eigenvalue weighted by atomic mass is 32.1. The molecule has 3 aromatic carbocycles. The number of hydrogen-bond donors (Lipinski definition) is 0. The monoisotopic (exact) mass is 578 g/mol. The standard InChI is InChI=1S/C29H25F3N6O2S/c1-18-13-25(39-4)14-19(2)26(18)38-20(3)16-41-28(38)35-34-15-21-5-7-22(8-6-21)27-33-17-37(36-27)23-9-11-24(12-10-23)40-29(30,31)32/h5-17H,1-4H3/b34-15+,35-28-. The zero-order chi connectivity index (χ0) is 29.1. The molecular formula is C29H25F3N6O2S. The molecule has 0 amide bonds. The summed E-state index contributed by atoms with van der Waals surface area (Å²) in [5, 5.41) is 15.3. The quantitative estimate of drug-likeness (QED) is 0.162. The van der Waals surface area contributed by atoms with Crippen molar-refractivity contribution in [1.82, 2.24) is 19.3 Å². The lowest BCUT2D eigenvalue weighted by Gasteiger charge is -2.14. The van der Waals surface area contributed by atoms with Crippen LogP contribution >= 0.6 is 11.3 Å². The van der Waals surface area contributed by atoms with Crippen molar-refractivity contribution in [3.8, 4) is 34.3 Å². The van der Waals surface area contributed by atoms with Crippen LogP contribution in [-0.4, -0.2) is 39.0 Å². The van der Waals surface area contributed by atoms with Crippen LogP contribution in [0, 0.1) is 20.8 Å². The van der Waals surface area contributed by atoms with Gasteiger partial charge in [0.15, 0.2) is 5.82 Å². The molecule has 5 aromatic rings. The normalized spacial score (nSPS) is 12.3. The van der Waals surface area contributed by atoms with Crippen molar-refractivity contribution in [2.24, 2.45) is 10.2 Å². The van der Waals surface area contributed by atoms with Crippen LogP contribution in [0.15, 0.2) is 82.6 Å². The molecule has 0 spiro atoms. The van der Waals surface area contributed by atoms with Crippen LogP contribution in [0.25, 0.3) is 22.8 Å². The van der Waals surface area contributed by atoms with E-state index in [1.165, 1.54) is 46.6 Å². The van der Waals surface area contributed by atoms with Crippen molar-refractivity contribution < 1.29 is 22.6 Å². The van der Waals surface area contributed by atoms with Gasteiger partial charge >= 0.3 is 6.36 Å². The van der Waals surface area contributed by atoms with Gasteiger partial charge < -0.3 is 9.47 Å². The molecule has 12 heteroatoms. The molecule has 0 radical (unpaired) electrons. The van der Waals surface area contributed by atoms with Crippen molar-refractivity contribution >= 4 is 17.6 Å². The summed E-state index contributed by atoms with van der Waals surface area (Å²) in [5.41, 5.74) is 6.42. The van der Waals surface area contributed by atoms with Crippen LogP contribution in [0.2, 0.25) is 0 Å². The van der Waals surface area contributed by atoms with Gasteiger partial charge in [-0.05, 0) is 73.9 Å². The number of benzene rings is 3. The Balaban J connectivity index is 1.32. The minimum absolute atomic E-state index is 0.305. The van der Waals surface area contributed by atoms with Crippen LogP contribution in [0.1, 0.15) is 22.4 Å². The zero-order valence-electron chi connectivity index (χ0n) is 22.5. The Morgan fingerprint density at radius 1 is 0.927 bits per heavy atom. The molecule has 0 saturated heterocycles. The topological polar surface area (TPSA) is 78.8 Å². The van der Waals surface area contributed by atoms with Gasteiger partial charge in [-0.2, -0.15) is 5.10 Å². The van der Waals surface area contributed by atoms with Gasteiger partial charge in [-0.1, -0.05) is 24.3 Å². The Kier molecular flexibility index (Phi) is 7.75. The maximum atomic E-state index is 12.4. The van der Waals surface area contributed by atoms with E-state index < -0.39 is 6.36 Å². The molecule has 0 unspecified atom stereocenters. The lowest BCUT2D eigenvalue weighted by Crippen LogP contribution is -2.17. The van der Waals surface area contributed by atoms with E-state index >= 15 is 0 Å². The number of nitrogens with zero attached hydrogens (tertiary/aromatic N) is 6. The summed E-state index contributed by atoms with van der Waals surface area (Å²) in [7, 11) is 1.66. The number of aryl methyl sites for hydroxylation is 3. The fourth-order valence-electron chi connectivity index (χ4n) is 4.30. The van der Waals surface area contributed by atoms with E-state index in [4.69, 9.17) is 4.74 Å². The molecule has 0 saturated carbocycles. The van der Waals surface area contributed by atoms with Crippen LogP contribution in [-0.2, 0) is 0 Å². The SMILES string of the molecule is COc1cc(C)c(-n2c(C)cs/c2=N\N=C\c2ccc(-c3ncn(-c4ccc(OC(F)(F)F)cc4)n3)cc2)c(C)c1. The highest BCUT2D eigenvalue weighted by Crippen LogP contribution is 2.26. The average Bonchev–Trinajstić information content (AvgIpc) is 3.56. The number of ether oxygens (including phenoxy) is 2. The second-order valence-corrected chi connectivity index (χ2v) is 9.96. The summed E-state index contributed by atoms with van der Waals surface area (Å²) in [6.45, 7) is 6.13. The number of halogens is 3. The largest absolute Gasteiger partial charge is 0.573 e. The number of thiazole rings is 1. The fourth-order valence-corrected chi connectivity index (χ4v) is 5.12. The summed E-state index contributed by atoms with van der Waals surface area (Å²) >= 11 is 1.51. The van der Waals surface area contributed by atoms with Crippen LogP contribution in [0.4, 0.5) is 13.2 Å². The molecule has 8 nitrogen and oxygen atoms in total. The Bertz CT molecular complexity index is 1750. The maximum Gasteiger partial charge on any atom is 0.573 e. The lowest BCUT2D eigenvalue weighted by molar-refractivity contribution is -0.274. The van der Waals surface area contributed by atoms with E-state index in [9.17, 15) is 13.2 Å². The van der Waals surface area contributed by atoms with Gasteiger partial charge in [0.05, 0.1) is 24.7 Å². The van der Waals surface area contributed by atoms with Gasteiger partial charge in [-0.3, -0.25) is 4.57 Å². The van der Waals surface area contributed by atoms with Gasteiger partial charge in [0, 0.05) is 16.6 Å². The smallest absolute Gasteiger partial charge is 0.497 e. The molecule has 0 N–H and O–H groups in total. The van der Waals surface area contributed by atoms with E-state index in [2.05, 4.69) is 29.6 Å². The molecule has 0 atom stereocenters. The third-order valence-corrected chi connectivity index (χ3v) is 7.08. The molecule has 2 aromatic heterocycles. The Morgan fingerprint density at radius 2 is 1.61 bits per heavy atom. The summed E-state index contributed by atoms with van der Waals surface area (Å²) in [5.74, 6) is 0.975. The molecule has 41 heavy (non-hydrogen) atoms. The minimum Gasteiger partial charge on any atom is -0.497 e. The summed E-state index contributed by atoms with van der Waals surface area (Å²) in [6, 6.07) is 16.9. The summed E-state index contributed by atoms with van der Waals surface area (Å²) in [6.07, 6.45) is -1.57. The first kappa shape index (κ1) is 27.8. The second-order valence-electron chi connectivity index (χ2n) is 9.13. The number of aromatic nitrogens is 4. The summed E-state index contributed by atoms with van der Waals surface area (Å²) < 4.78 is 50.1. The van der Waals surface area contributed by atoms with Crippen molar-refractivity contribution in [1.29, 1.82) is 0 Å². The number of hydrogen-bond acceptors (Lipinski definition) is 7. The molecule has 0 aliphatic heterocycles. The van der Waals surface area contributed by atoms with Gasteiger partial charge in [-0.25, -0.2) is 9.67 Å². The van der Waals surface area contributed by atoms with Crippen LogP contribution < -0.4 is 14.3 Å². The number of alkyl halides is 3. The molecule has 210 valence electrons. The van der Waals surface area contributed by atoms with Crippen LogP contribution in [0.5, 0.6) is 11.5 Å². The molecule has 2 heterocycles. The van der Waals surface area contributed by atoms with Crippen LogP contribution in [0.3, 0.4) is 0 Å². The van der Waals surface area contributed by atoms with E-state index in [0.29, 0.717) is 11.5 Å². The van der Waals surface area contributed by atoms with Gasteiger partial charge in [0.25, 0.3) is 0 Å².